The van der Waals surface area contributed by atoms with E-state index in [4.69, 9.17) is 9.47 Å². The summed E-state index contributed by atoms with van der Waals surface area (Å²) in [5, 5.41) is 2.55. The zero-order valence-corrected chi connectivity index (χ0v) is 20.6. The standard InChI is InChI=1S/C23H31N3O6S/c1-16-8-7-9-18(12-16)14-25(17(2)23(28)24-3)22(27)15-26(33(6,29)30)19-10-11-20(31-4)21(13-19)32-5/h7-13,17H,14-15H2,1-6H3,(H,24,28)/t17-/m1/s1. The van der Waals surface area contributed by atoms with Crippen LogP contribution in [0.1, 0.15) is 18.1 Å². The van der Waals surface area contributed by atoms with Gasteiger partial charge in [-0.3, -0.25) is 13.9 Å². The van der Waals surface area contributed by atoms with Gasteiger partial charge < -0.3 is 19.7 Å². The Morgan fingerprint density at radius 3 is 2.27 bits per heavy atom. The quantitative estimate of drug-likeness (QED) is 0.561. The first-order chi connectivity index (χ1) is 15.5. The number of carbonyl (C=O) groups is 2. The van der Waals surface area contributed by atoms with E-state index in [1.807, 2.05) is 31.2 Å². The first-order valence-corrected chi connectivity index (χ1v) is 12.1. The lowest BCUT2D eigenvalue weighted by Gasteiger charge is -2.31. The van der Waals surface area contributed by atoms with Crippen LogP contribution >= 0.6 is 0 Å². The molecule has 0 saturated heterocycles. The molecule has 0 unspecified atom stereocenters. The Labute approximate surface area is 195 Å². The number of amides is 2. The summed E-state index contributed by atoms with van der Waals surface area (Å²) < 4.78 is 36.7. The molecule has 2 amide bonds. The molecule has 0 heterocycles. The van der Waals surface area contributed by atoms with Crippen molar-refractivity contribution in [2.24, 2.45) is 0 Å². The van der Waals surface area contributed by atoms with Gasteiger partial charge in [-0.25, -0.2) is 8.42 Å². The number of rotatable bonds is 10. The molecule has 0 bridgehead atoms. The second-order valence-electron chi connectivity index (χ2n) is 7.61. The normalized spacial score (nSPS) is 11.9. The van der Waals surface area contributed by atoms with Gasteiger partial charge in [0.1, 0.15) is 12.6 Å². The third-order valence-electron chi connectivity index (χ3n) is 5.18. The number of nitrogens with one attached hydrogen (secondary N) is 1. The molecule has 33 heavy (non-hydrogen) atoms. The summed E-state index contributed by atoms with van der Waals surface area (Å²) in [7, 11) is 0.561. The third-order valence-corrected chi connectivity index (χ3v) is 6.32. The fourth-order valence-corrected chi connectivity index (χ4v) is 4.23. The zero-order valence-electron chi connectivity index (χ0n) is 19.8. The minimum Gasteiger partial charge on any atom is -0.493 e. The lowest BCUT2D eigenvalue weighted by Crippen LogP contribution is -2.50. The lowest BCUT2D eigenvalue weighted by molar-refractivity contribution is -0.139. The Morgan fingerprint density at radius 1 is 1.06 bits per heavy atom. The van der Waals surface area contributed by atoms with Crippen molar-refractivity contribution < 1.29 is 27.5 Å². The monoisotopic (exact) mass is 477 g/mol. The van der Waals surface area contributed by atoms with E-state index in [1.54, 1.807) is 13.0 Å². The lowest BCUT2D eigenvalue weighted by atomic mass is 10.1. The van der Waals surface area contributed by atoms with Gasteiger partial charge in [0.2, 0.25) is 21.8 Å². The van der Waals surface area contributed by atoms with E-state index in [0.29, 0.717) is 11.5 Å². The second kappa shape index (κ2) is 11.0. The summed E-state index contributed by atoms with van der Waals surface area (Å²) in [4.78, 5) is 27.1. The van der Waals surface area contributed by atoms with Crippen LogP contribution in [0.25, 0.3) is 0 Å². The number of nitrogens with zero attached hydrogens (tertiary/aromatic N) is 2. The van der Waals surface area contributed by atoms with Crippen molar-refractivity contribution in [3.8, 4) is 11.5 Å². The Morgan fingerprint density at radius 2 is 1.73 bits per heavy atom. The van der Waals surface area contributed by atoms with Crippen LogP contribution in [0.4, 0.5) is 5.69 Å². The number of hydrogen-bond acceptors (Lipinski definition) is 6. The van der Waals surface area contributed by atoms with E-state index < -0.39 is 28.5 Å². The Balaban J connectivity index is 2.43. The molecule has 0 aromatic heterocycles. The molecular formula is C23H31N3O6S. The SMILES string of the molecule is CNC(=O)[C@@H](C)N(Cc1cccc(C)c1)C(=O)CN(c1ccc(OC)c(OC)c1)S(C)(=O)=O. The molecule has 1 atom stereocenters. The maximum atomic E-state index is 13.4. The van der Waals surface area contributed by atoms with Crippen LogP contribution < -0.4 is 19.1 Å². The fraction of sp³-hybridized carbons (Fsp3) is 0.391. The number of methoxy groups -OCH3 is 2. The van der Waals surface area contributed by atoms with Gasteiger partial charge >= 0.3 is 0 Å². The van der Waals surface area contributed by atoms with Crippen LogP contribution in [0.3, 0.4) is 0 Å². The number of ether oxygens (including phenoxy) is 2. The summed E-state index contributed by atoms with van der Waals surface area (Å²) in [5.41, 5.74) is 2.08. The summed E-state index contributed by atoms with van der Waals surface area (Å²) in [6.45, 7) is 3.20. The Kier molecular flexibility index (Phi) is 8.69. The van der Waals surface area contributed by atoms with Crippen LogP contribution in [0.15, 0.2) is 42.5 Å². The molecule has 0 saturated carbocycles. The molecule has 0 fully saturated rings. The Bertz CT molecular complexity index is 1100. The number of carbonyl (C=O) groups excluding carboxylic acids is 2. The van der Waals surface area contributed by atoms with Crippen molar-refractivity contribution in [2.75, 3.05) is 38.4 Å². The number of hydrogen-bond donors (Lipinski definition) is 1. The van der Waals surface area contributed by atoms with Gasteiger partial charge in [-0.05, 0) is 31.5 Å². The van der Waals surface area contributed by atoms with Crippen LogP contribution in [0.2, 0.25) is 0 Å². The average molecular weight is 478 g/mol. The molecule has 1 N–H and O–H groups in total. The van der Waals surface area contributed by atoms with Gasteiger partial charge in [-0.1, -0.05) is 29.8 Å². The zero-order chi connectivity index (χ0) is 24.8. The second-order valence-corrected chi connectivity index (χ2v) is 9.52. The van der Waals surface area contributed by atoms with Crippen LogP contribution in [-0.2, 0) is 26.2 Å². The molecule has 0 aliphatic heterocycles. The maximum absolute atomic E-state index is 13.4. The fourth-order valence-electron chi connectivity index (χ4n) is 3.39. The van der Waals surface area contributed by atoms with E-state index in [0.717, 1.165) is 21.7 Å². The molecule has 180 valence electrons. The summed E-state index contributed by atoms with van der Waals surface area (Å²) in [6, 6.07) is 11.3. The molecule has 0 spiro atoms. The van der Waals surface area contributed by atoms with E-state index >= 15 is 0 Å². The van der Waals surface area contributed by atoms with Crippen LogP contribution in [0.5, 0.6) is 11.5 Å². The van der Waals surface area contributed by atoms with E-state index in [-0.39, 0.29) is 18.1 Å². The maximum Gasteiger partial charge on any atom is 0.244 e. The van der Waals surface area contributed by atoms with Crippen molar-refractivity contribution in [1.29, 1.82) is 0 Å². The predicted molar refractivity (Wildman–Crippen MR) is 127 cm³/mol. The first kappa shape index (κ1) is 26.0. The highest BCUT2D eigenvalue weighted by molar-refractivity contribution is 7.92. The molecule has 9 nitrogen and oxygen atoms in total. The Hall–Kier alpha value is -3.27. The molecule has 2 rings (SSSR count). The highest BCUT2D eigenvalue weighted by atomic mass is 32.2. The molecule has 2 aromatic carbocycles. The van der Waals surface area contributed by atoms with Crippen molar-refractivity contribution in [2.45, 2.75) is 26.4 Å². The van der Waals surface area contributed by atoms with Gasteiger partial charge in [-0.15, -0.1) is 0 Å². The number of likely N-dealkylation sites (N-methyl/N-ethyl adjacent to an activating group) is 1. The number of aryl methyl sites for hydroxylation is 1. The van der Waals surface area contributed by atoms with E-state index in [9.17, 15) is 18.0 Å². The summed E-state index contributed by atoms with van der Waals surface area (Å²) in [6.07, 6.45) is 1.02. The van der Waals surface area contributed by atoms with E-state index in [1.165, 1.54) is 38.3 Å². The van der Waals surface area contributed by atoms with Crippen molar-refractivity contribution in [1.82, 2.24) is 10.2 Å². The van der Waals surface area contributed by atoms with Gasteiger partial charge in [0.25, 0.3) is 0 Å². The van der Waals surface area contributed by atoms with Crippen molar-refractivity contribution >= 4 is 27.5 Å². The van der Waals surface area contributed by atoms with Crippen LogP contribution in [0, 0.1) is 6.92 Å². The van der Waals surface area contributed by atoms with Gasteiger partial charge in [0, 0.05) is 19.7 Å². The van der Waals surface area contributed by atoms with Crippen LogP contribution in [-0.4, -0.2) is 65.2 Å². The highest BCUT2D eigenvalue weighted by Gasteiger charge is 2.30. The van der Waals surface area contributed by atoms with Crippen molar-refractivity contribution in [3.05, 3.63) is 53.6 Å². The highest BCUT2D eigenvalue weighted by Crippen LogP contribution is 2.32. The van der Waals surface area contributed by atoms with Gasteiger partial charge in [-0.2, -0.15) is 0 Å². The average Bonchev–Trinajstić information content (AvgIpc) is 2.78. The molecule has 10 heteroatoms. The summed E-state index contributed by atoms with van der Waals surface area (Å²) >= 11 is 0. The molecular weight excluding hydrogens is 446 g/mol. The minimum atomic E-state index is -3.83. The number of benzene rings is 2. The van der Waals surface area contributed by atoms with Crippen molar-refractivity contribution in [3.63, 3.8) is 0 Å². The first-order valence-electron chi connectivity index (χ1n) is 10.3. The van der Waals surface area contributed by atoms with E-state index in [2.05, 4.69) is 5.32 Å². The smallest absolute Gasteiger partial charge is 0.244 e. The van der Waals surface area contributed by atoms with Gasteiger partial charge in [0.15, 0.2) is 11.5 Å². The molecule has 0 aliphatic carbocycles. The topological polar surface area (TPSA) is 105 Å². The van der Waals surface area contributed by atoms with Gasteiger partial charge in [0.05, 0.1) is 26.2 Å². The largest absolute Gasteiger partial charge is 0.493 e. The number of anilines is 1. The number of sulfonamides is 1. The third kappa shape index (κ3) is 6.61. The molecule has 0 radical (unpaired) electrons. The predicted octanol–water partition coefficient (Wildman–Crippen LogP) is 1.94. The molecule has 2 aromatic rings. The minimum absolute atomic E-state index is 0.151. The molecule has 0 aliphatic rings. The summed E-state index contributed by atoms with van der Waals surface area (Å²) in [5.74, 6) is -0.123.